The first-order valence-corrected chi connectivity index (χ1v) is 12.6. The summed E-state index contributed by atoms with van der Waals surface area (Å²) in [5.74, 6) is 0.766. The predicted octanol–water partition coefficient (Wildman–Crippen LogP) is 4.22. The van der Waals surface area contributed by atoms with Crippen molar-refractivity contribution in [3.8, 4) is 5.75 Å². The molecule has 1 aromatic heterocycles. The molecule has 35 heavy (non-hydrogen) atoms. The third-order valence-electron chi connectivity index (χ3n) is 6.62. The van der Waals surface area contributed by atoms with Crippen molar-refractivity contribution in [2.24, 2.45) is 17.6 Å². The zero-order chi connectivity index (χ0) is 25.2. The average molecular weight is 480 g/mol. The minimum Gasteiger partial charge on any atom is -0.489 e. The van der Waals surface area contributed by atoms with E-state index in [1.807, 2.05) is 29.2 Å². The standard InChI is InChI=1S/C28H39N4O3/c1-21(2)12-19-32(24-5-7-26(8-6-24)35-20-23-10-15-30-16-11-23)25-13-17-31(18-14-25)27(33)9-4-22(3)28(29)34/h5-11,15-16,21-22,25H,4,12-14,17-20H2,1-3H3,(H2,29,34). The van der Waals surface area contributed by atoms with E-state index in [0.717, 1.165) is 50.2 Å². The molecular formula is C28H39N4O3. The van der Waals surface area contributed by atoms with E-state index in [0.29, 0.717) is 25.0 Å². The fourth-order valence-electron chi connectivity index (χ4n) is 4.22. The Hall–Kier alpha value is -3.09. The van der Waals surface area contributed by atoms with Gasteiger partial charge in [-0.2, -0.15) is 0 Å². The van der Waals surface area contributed by atoms with E-state index in [1.165, 1.54) is 5.69 Å². The SMILES string of the molecule is CC(C)CCN(c1ccc(OCc2ccncc2)cc1)C1CCN(C(=O)[CH]CC(C)C(N)=O)CC1. The Bertz CT molecular complexity index is 925. The van der Waals surface area contributed by atoms with Crippen LogP contribution in [0, 0.1) is 18.3 Å². The van der Waals surface area contributed by atoms with Crippen LogP contribution in [0.3, 0.4) is 0 Å². The van der Waals surface area contributed by atoms with Crippen LogP contribution < -0.4 is 15.4 Å². The third-order valence-corrected chi connectivity index (χ3v) is 6.62. The van der Waals surface area contributed by atoms with Gasteiger partial charge in [0.25, 0.3) is 0 Å². The molecular weight excluding hydrogens is 440 g/mol. The van der Waals surface area contributed by atoms with Gasteiger partial charge in [-0.1, -0.05) is 20.8 Å². The van der Waals surface area contributed by atoms with Crippen molar-refractivity contribution in [3.63, 3.8) is 0 Å². The summed E-state index contributed by atoms with van der Waals surface area (Å²) < 4.78 is 5.94. The normalized spacial score (nSPS) is 15.1. The van der Waals surface area contributed by atoms with Gasteiger partial charge in [0, 0.05) is 49.7 Å². The number of nitrogens with zero attached hydrogens (tertiary/aromatic N) is 3. The molecule has 3 rings (SSSR count). The van der Waals surface area contributed by atoms with Gasteiger partial charge in [0.2, 0.25) is 11.8 Å². The number of benzene rings is 1. The Kier molecular flexibility index (Phi) is 9.94. The maximum Gasteiger partial charge on any atom is 0.226 e. The summed E-state index contributed by atoms with van der Waals surface area (Å²) in [6.45, 7) is 9.18. The Morgan fingerprint density at radius 2 is 1.77 bits per heavy atom. The van der Waals surface area contributed by atoms with Crippen LogP contribution in [-0.4, -0.2) is 47.4 Å². The second-order valence-electron chi connectivity index (χ2n) is 9.81. The predicted molar refractivity (Wildman–Crippen MR) is 139 cm³/mol. The number of hydrogen-bond acceptors (Lipinski definition) is 5. The highest BCUT2D eigenvalue weighted by Crippen LogP contribution is 2.27. The van der Waals surface area contributed by atoms with Crippen LogP contribution >= 0.6 is 0 Å². The minimum absolute atomic E-state index is 0.000907. The molecule has 2 heterocycles. The summed E-state index contributed by atoms with van der Waals surface area (Å²) in [6.07, 6.45) is 8.49. The van der Waals surface area contributed by atoms with Gasteiger partial charge < -0.3 is 20.3 Å². The molecule has 189 valence electrons. The second-order valence-corrected chi connectivity index (χ2v) is 9.81. The monoisotopic (exact) mass is 479 g/mol. The van der Waals surface area contributed by atoms with Gasteiger partial charge in [-0.15, -0.1) is 0 Å². The highest BCUT2D eigenvalue weighted by molar-refractivity contribution is 5.86. The fourth-order valence-corrected chi connectivity index (χ4v) is 4.22. The number of carbonyl (C=O) groups excluding carboxylic acids is 2. The Balaban J connectivity index is 1.57. The maximum absolute atomic E-state index is 12.6. The number of aromatic nitrogens is 1. The van der Waals surface area contributed by atoms with Crippen LogP contribution in [0.25, 0.3) is 0 Å². The number of likely N-dealkylation sites (tertiary alicyclic amines) is 1. The lowest BCUT2D eigenvalue weighted by molar-refractivity contribution is -0.129. The van der Waals surface area contributed by atoms with Crippen LogP contribution in [0.2, 0.25) is 0 Å². The van der Waals surface area contributed by atoms with E-state index >= 15 is 0 Å². The first-order chi connectivity index (χ1) is 16.8. The van der Waals surface area contributed by atoms with E-state index in [4.69, 9.17) is 10.5 Å². The molecule has 7 heteroatoms. The van der Waals surface area contributed by atoms with Crippen molar-refractivity contribution in [2.75, 3.05) is 24.5 Å². The largest absolute Gasteiger partial charge is 0.489 e. The first kappa shape index (κ1) is 26.5. The summed E-state index contributed by atoms with van der Waals surface area (Å²) >= 11 is 0. The highest BCUT2D eigenvalue weighted by atomic mass is 16.5. The number of pyridine rings is 1. The molecule has 1 saturated heterocycles. The van der Waals surface area contributed by atoms with Gasteiger partial charge in [0.1, 0.15) is 12.4 Å². The highest BCUT2D eigenvalue weighted by Gasteiger charge is 2.27. The average Bonchev–Trinajstić information content (AvgIpc) is 2.87. The number of carbonyl (C=O) groups is 2. The minimum atomic E-state index is -0.373. The van der Waals surface area contributed by atoms with E-state index in [9.17, 15) is 9.59 Å². The smallest absolute Gasteiger partial charge is 0.226 e. The van der Waals surface area contributed by atoms with E-state index in [-0.39, 0.29) is 17.7 Å². The number of anilines is 1. The van der Waals surface area contributed by atoms with Gasteiger partial charge in [-0.3, -0.25) is 14.6 Å². The number of piperidine rings is 1. The quantitative estimate of drug-likeness (QED) is 0.492. The summed E-state index contributed by atoms with van der Waals surface area (Å²) in [7, 11) is 0. The summed E-state index contributed by atoms with van der Waals surface area (Å²) in [4.78, 5) is 32.2. The summed E-state index contributed by atoms with van der Waals surface area (Å²) in [6, 6.07) is 12.6. The molecule has 1 aliphatic rings. The van der Waals surface area contributed by atoms with Crippen LogP contribution in [0.1, 0.15) is 52.0 Å². The lowest BCUT2D eigenvalue weighted by Crippen LogP contribution is -2.47. The first-order valence-electron chi connectivity index (χ1n) is 12.6. The van der Waals surface area contributed by atoms with E-state index in [1.54, 1.807) is 25.7 Å². The molecule has 1 radical (unpaired) electrons. The number of ether oxygens (including phenoxy) is 1. The molecule has 1 fully saturated rings. The molecule has 0 spiro atoms. The zero-order valence-corrected chi connectivity index (χ0v) is 21.2. The molecule has 1 aromatic carbocycles. The number of nitrogens with two attached hydrogens (primary N) is 1. The summed E-state index contributed by atoms with van der Waals surface area (Å²) in [5, 5.41) is 0. The molecule has 1 aliphatic heterocycles. The number of hydrogen-bond donors (Lipinski definition) is 1. The Labute approximate surface area is 209 Å². The molecule has 2 N–H and O–H groups in total. The molecule has 1 atom stereocenters. The number of primary amides is 1. The summed E-state index contributed by atoms with van der Waals surface area (Å²) in [5.41, 5.74) is 7.59. The van der Waals surface area contributed by atoms with E-state index in [2.05, 4.69) is 35.9 Å². The second kappa shape index (κ2) is 13.1. The number of rotatable bonds is 12. The lowest BCUT2D eigenvalue weighted by atomic mass is 9.99. The van der Waals surface area contributed by atoms with Gasteiger partial charge in [-0.25, -0.2) is 0 Å². The van der Waals surface area contributed by atoms with Crippen LogP contribution in [0.5, 0.6) is 5.75 Å². The molecule has 2 amide bonds. The fraction of sp³-hybridized carbons (Fsp3) is 0.500. The van der Waals surface area contributed by atoms with Crippen molar-refractivity contribution in [3.05, 3.63) is 60.8 Å². The van der Waals surface area contributed by atoms with Gasteiger partial charge in [0.05, 0.1) is 6.42 Å². The van der Waals surface area contributed by atoms with Crippen molar-refractivity contribution in [1.82, 2.24) is 9.88 Å². The topological polar surface area (TPSA) is 88.8 Å². The third kappa shape index (κ3) is 8.26. The molecule has 1 unspecified atom stereocenters. The molecule has 2 aromatic rings. The van der Waals surface area contributed by atoms with Crippen LogP contribution in [0.4, 0.5) is 5.69 Å². The number of amides is 2. The van der Waals surface area contributed by atoms with Gasteiger partial charge in [-0.05, 0) is 73.6 Å². The van der Waals surface area contributed by atoms with Crippen LogP contribution in [-0.2, 0) is 16.2 Å². The molecule has 7 nitrogen and oxygen atoms in total. The van der Waals surface area contributed by atoms with Crippen molar-refractivity contribution in [2.45, 2.75) is 59.1 Å². The Morgan fingerprint density at radius 3 is 2.37 bits per heavy atom. The zero-order valence-electron chi connectivity index (χ0n) is 21.2. The molecule has 0 aliphatic carbocycles. The maximum atomic E-state index is 12.6. The van der Waals surface area contributed by atoms with Gasteiger partial charge >= 0.3 is 0 Å². The lowest BCUT2D eigenvalue weighted by Gasteiger charge is -2.40. The van der Waals surface area contributed by atoms with E-state index < -0.39 is 0 Å². The molecule has 0 bridgehead atoms. The molecule has 0 saturated carbocycles. The van der Waals surface area contributed by atoms with Crippen molar-refractivity contribution < 1.29 is 14.3 Å². The van der Waals surface area contributed by atoms with Gasteiger partial charge in [0.15, 0.2) is 0 Å². The van der Waals surface area contributed by atoms with Crippen molar-refractivity contribution in [1.29, 1.82) is 0 Å². The van der Waals surface area contributed by atoms with Crippen LogP contribution in [0.15, 0.2) is 48.8 Å². The Morgan fingerprint density at radius 1 is 1.11 bits per heavy atom. The van der Waals surface area contributed by atoms with Crippen molar-refractivity contribution >= 4 is 17.5 Å².